The van der Waals surface area contributed by atoms with Crippen LogP contribution in [0.4, 0.5) is 0 Å². The minimum absolute atomic E-state index is 0.178. The van der Waals surface area contributed by atoms with Gasteiger partial charge in [-0.15, -0.1) is 0 Å². The summed E-state index contributed by atoms with van der Waals surface area (Å²) >= 11 is 0. The summed E-state index contributed by atoms with van der Waals surface area (Å²) in [4.78, 5) is 23.3. The van der Waals surface area contributed by atoms with Gasteiger partial charge in [-0.05, 0) is 31.9 Å². The molecule has 0 saturated heterocycles. The molecular formula is C14H14O4. The number of hydrogen-bond donors (Lipinski definition) is 1. The lowest BCUT2D eigenvalue weighted by Gasteiger charge is -2.12. The van der Waals surface area contributed by atoms with Gasteiger partial charge in [-0.2, -0.15) is 0 Å². The second kappa shape index (κ2) is 4.29. The maximum Gasteiger partial charge on any atom is 0.207 e. The lowest BCUT2D eigenvalue weighted by Crippen LogP contribution is -2.17. The Hall–Kier alpha value is -2.10. The topological polar surface area (TPSA) is 63.6 Å². The molecule has 4 heteroatoms. The van der Waals surface area contributed by atoms with Crippen LogP contribution in [0.25, 0.3) is 5.76 Å². The number of aliphatic hydroxyl groups excluding tert-OH is 1. The number of Topliss-reactive ketones (excluding diaryl/α,β-unsaturated/α-hetero) is 2. The number of hydrogen-bond acceptors (Lipinski definition) is 4. The zero-order valence-corrected chi connectivity index (χ0v) is 10.5. The van der Waals surface area contributed by atoms with Gasteiger partial charge < -0.3 is 9.84 Å². The Bertz CT molecular complexity index is 582. The predicted octanol–water partition coefficient (Wildman–Crippen LogP) is 2.12. The van der Waals surface area contributed by atoms with E-state index in [1.807, 2.05) is 19.1 Å². The molecule has 1 aliphatic heterocycles. The first-order chi connectivity index (χ1) is 8.43. The van der Waals surface area contributed by atoms with Gasteiger partial charge in [0.2, 0.25) is 5.78 Å². The normalized spacial score (nSPS) is 14.9. The molecule has 1 aliphatic rings. The van der Waals surface area contributed by atoms with E-state index >= 15 is 0 Å². The number of rotatable bonds is 1. The van der Waals surface area contributed by atoms with Crippen molar-refractivity contribution in [2.75, 3.05) is 6.61 Å². The van der Waals surface area contributed by atoms with Crippen LogP contribution < -0.4 is 4.74 Å². The summed E-state index contributed by atoms with van der Waals surface area (Å²) in [5.41, 5.74) is 1.84. The van der Waals surface area contributed by atoms with E-state index in [9.17, 15) is 14.7 Å². The molecule has 1 N–H and O–H groups in total. The molecule has 18 heavy (non-hydrogen) atoms. The average molecular weight is 246 g/mol. The molecule has 0 unspecified atom stereocenters. The summed E-state index contributed by atoms with van der Waals surface area (Å²) in [5.74, 6) is -0.747. The molecule has 0 aromatic heterocycles. The summed E-state index contributed by atoms with van der Waals surface area (Å²) in [5, 5.41) is 10.2. The van der Waals surface area contributed by atoms with Crippen molar-refractivity contribution < 1.29 is 19.4 Å². The Balaban J connectivity index is 2.80. The Labute approximate surface area is 105 Å². The molecule has 1 aromatic carbocycles. The number of ether oxygens (including phenoxy) is 1. The van der Waals surface area contributed by atoms with Gasteiger partial charge >= 0.3 is 0 Å². The number of aliphatic hydroxyl groups is 1. The van der Waals surface area contributed by atoms with E-state index in [1.54, 1.807) is 6.92 Å². The molecule has 0 radical (unpaired) electrons. The summed E-state index contributed by atoms with van der Waals surface area (Å²) in [6, 6.07) is 3.67. The molecule has 0 bridgehead atoms. The van der Waals surface area contributed by atoms with Crippen molar-refractivity contribution in [3.8, 4) is 5.75 Å². The van der Waals surface area contributed by atoms with E-state index in [0.29, 0.717) is 11.3 Å². The first kappa shape index (κ1) is 12.4. The minimum atomic E-state index is -0.491. The molecular weight excluding hydrogens is 232 g/mol. The molecule has 1 aromatic rings. The molecule has 4 nitrogen and oxygen atoms in total. The molecule has 0 atom stereocenters. The van der Waals surface area contributed by atoms with Crippen molar-refractivity contribution in [2.45, 2.75) is 20.8 Å². The third kappa shape index (κ3) is 1.79. The van der Waals surface area contributed by atoms with Crippen LogP contribution in [0.2, 0.25) is 0 Å². The van der Waals surface area contributed by atoms with Crippen LogP contribution in [0, 0.1) is 13.8 Å². The fourth-order valence-corrected chi connectivity index (χ4v) is 2.10. The number of carbonyl (C=O) groups excluding carboxylic acids is 2. The molecule has 0 spiro atoms. The third-order valence-electron chi connectivity index (χ3n) is 3.01. The fraction of sp³-hybridized carbons (Fsp3) is 0.286. The molecule has 0 amide bonds. The van der Waals surface area contributed by atoms with Crippen LogP contribution >= 0.6 is 0 Å². The lowest BCUT2D eigenvalue weighted by atomic mass is 9.97. The predicted molar refractivity (Wildman–Crippen MR) is 66.6 cm³/mol. The quantitative estimate of drug-likeness (QED) is 0.771. The Morgan fingerprint density at radius 3 is 2.50 bits per heavy atom. The maximum absolute atomic E-state index is 11.8. The van der Waals surface area contributed by atoms with Crippen LogP contribution in [0.5, 0.6) is 5.75 Å². The first-order valence-electron chi connectivity index (χ1n) is 5.64. The molecule has 0 saturated carbocycles. The van der Waals surface area contributed by atoms with Crippen LogP contribution in [0.3, 0.4) is 0 Å². The molecule has 2 rings (SSSR count). The van der Waals surface area contributed by atoms with Gasteiger partial charge in [0.1, 0.15) is 17.1 Å². The van der Waals surface area contributed by atoms with Crippen molar-refractivity contribution >= 4 is 17.3 Å². The molecule has 94 valence electrons. The summed E-state index contributed by atoms with van der Waals surface area (Å²) < 4.78 is 5.42. The highest BCUT2D eigenvalue weighted by molar-refractivity contribution is 6.24. The minimum Gasteiger partial charge on any atom is -0.506 e. The van der Waals surface area contributed by atoms with Crippen molar-refractivity contribution in [1.82, 2.24) is 0 Å². The van der Waals surface area contributed by atoms with Crippen molar-refractivity contribution in [2.24, 2.45) is 0 Å². The highest BCUT2D eigenvalue weighted by Gasteiger charge is 2.28. The van der Waals surface area contributed by atoms with E-state index in [1.165, 1.54) is 6.92 Å². The van der Waals surface area contributed by atoms with Crippen molar-refractivity contribution in [3.63, 3.8) is 0 Å². The van der Waals surface area contributed by atoms with Crippen molar-refractivity contribution in [1.29, 1.82) is 0 Å². The van der Waals surface area contributed by atoms with Gasteiger partial charge in [0.05, 0.1) is 5.56 Å². The summed E-state index contributed by atoms with van der Waals surface area (Å²) in [6.07, 6.45) is 0. The highest BCUT2D eigenvalue weighted by atomic mass is 16.5. The lowest BCUT2D eigenvalue weighted by molar-refractivity contribution is -0.121. The smallest absolute Gasteiger partial charge is 0.207 e. The zero-order chi connectivity index (χ0) is 13.4. The zero-order valence-electron chi connectivity index (χ0n) is 10.5. The number of ketones is 2. The molecule has 1 heterocycles. The number of benzene rings is 1. The summed E-state index contributed by atoms with van der Waals surface area (Å²) in [6.45, 7) is 4.66. The monoisotopic (exact) mass is 246 g/mol. The Morgan fingerprint density at radius 2 is 1.89 bits per heavy atom. The number of aryl methyl sites for hydroxylation is 2. The van der Waals surface area contributed by atoms with E-state index in [4.69, 9.17) is 4.74 Å². The molecule has 0 fully saturated rings. The van der Waals surface area contributed by atoms with Crippen LogP contribution in [-0.4, -0.2) is 23.3 Å². The van der Waals surface area contributed by atoms with Gasteiger partial charge in [0, 0.05) is 0 Å². The Kier molecular flexibility index (Phi) is 2.95. The largest absolute Gasteiger partial charge is 0.506 e. The van der Waals surface area contributed by atoms with Gasteiger partial charge in [0.25, 0.3) is 0 Å². The maximum atomic E-state index is 11.8. The van der Waals surface area contributed by atoms with Crippen LogP contribution in [0.15, 0.2) is 17.7 Å². The van der Waals surface area contributed by atoms with E-state index in [0.717, 1.165) is 11.1 Å². The average Bonchev–Trinajstić information content (AvgIpc) is 2.41. The van der Waals surface area contributed by atoms with Gasteiger partial charge in [-0.1, -0.05) is 12.1 Å². The Morgan fingerprint density at radius 1 is 1.28 bits per heavy atom. The van der Waals surface area contributed by atoms with E-state index in [2.05, 4.69) is 0 Å². The van der Waals surface area contributed by atoms with Gasteiger partial charge in [-0.25, -0.2) is 0 Å². The summed E-state index contributed by atoms with van der Waals surface area (Å²) in [7, 11) is 0. The van der Waals surface area contributed by atoms with E-state index < -0.39 is 11.6 Å². The van der Waals surface area contributed by atoms with E-state index in [-0.39, 0.29) is 17.9 Å². The first-order valence-corrected chi connectivity index (χ1v) is 5.64. The second-order valence-electron chi connectivity index (χ2n) is 4.40. The number of carbonyl (C=O) groups is 2. The SMILES string of the molecule is CC(=O)C1=C(O)c2c(C)ccc(C)c2OCC1=O. The highest BCUT2D eigenvalue weighted by Crippen LogP contribution is 2.35. The standard InChI is InChI=1S/C14H14O4/c1-7-4-5-8(2)14-11(7)13(17)12(9(3)15)10(16)6-18-14/h4-5,17H,6H2,1-3H3. The number of fused-ring (bicyclic) bond motifs is 1. The van der Waals surface area contributed by atoms with Crippen LogP contribution in [-0.2, 0) is 9.59 Å². The fourth-order valence-electron chi connectivity index (χ4n) is 2.10. The van der Waals surface area contributed by atoms with Crippen molar-refractivity contribution in [3.05, 3.63) is 34.4 Å². The van der Waals surface area contributed by atoms with Crippen LogP contribution in [0.1, 0.15) is 23.6 Å². The van der Waals surface area contributed by atoms with Gasteiger partial charge in [-0.3, -0.25) is 9.59 Å². The van der Waals surface area contributed by atoms with Gasteiger partial charge in [0.15, 0.2) is 12.4 Å². The second-order valence-corrected chi connectivity index (χ2v) is 4.40. The third-order valence-corrected chi connectivity index (χ3v) is 3.01. The molecule has 0 aliphatic carbocycles.